The van der Waals surface area contributed by atoms with Gasteiger partial charge in [0.25, 0.3) is 0 Å². The highest BCUT2D eigenvalue weighted by Gasteiger charge is 2.16. The van der Waals surface area contributed by atoms with Gasteiger partial charge in [-0.05, 0) is 24.0 Å². The lowest BCUT2D eigenvalue weighted by Gasteiger charge is -2.22. The number of nitrogens with two attached hydrogens (primary N) is 1. The van der Waals surface area contributed by atoms with E-state index >= 15 is 0 Å². The fourth-order valence-electron chi connectivity index (χ4n) is 1.77. The molecule has 0 aliphatic heterocycles. The lowest BCUT2D eigenvalue weighted by atomic mass is 9.92. The molecule has 0 aromatic carbocycles. The Hall–Kier alpha value is -0.930. The van der Waals surface area contributed by atoms with Gasteiger partial charge in [-0.15, -0.1) is 0 Å². The van der Waals surface area contributed by atoms with E-state index in [1.54, 1.807) is 6.20 Å². The zero-order valence-corrected chi connectivity index (χ0v) is 8.90. The first kappa shape index (κ1) is 11.1. The number of pyridine rings is 1. The summed E-state index contributed by atoms with van der Waals surface area (Å²) in [5.41, 5.74) is 4.03. The number of hydrazine groups is 1. The molecule has 1 aromatic heterocycles. The lowest BCUT2D eigenvalue weighted by molar-refractivity contribution is 0.367. The van der Waals surface area contributed by atoms with Crippen LogP contribution in [0.2, 0.25) is 0 Å². The third-order valence-electron chi connectivity index (χ3n) is 2.54. The van der Waals surface area contributed by atoms with Crippen LogP contribution in [-0.2, 0) is 0 Å². The van der Waals surface area contributed by atoms with E-state index < -0.39 is 0 Å². The van der Waals surface area contributed by atoms with Gasteiger partial charge in [0.1, 0.15) is 0 Å². The van der Waals surface area contributed by atoms with Crippen molar-refractivity contribution in [1.29, 1.82) is 0 Å². The molecule has 2 atom stereocenters. The predicted octanol–water partition coefficient (Wildman–Crippen LogP) is 2.02. The van der Waals surface area contributed by atoms with E-state index in [1.165, 1.54) is 12.8 Å². The number of nitrogens with zero attached hydrogens (tertiary/aromatic N) is 1. The average molecular weight is 193 g/mol. The summed E-state index contributed by atoms with van der Waals surface area (Å²) in [4.78, 5) is 4.10. The van der Waals surface area contributed by atoms with Gasteiger partial charge in [-0.3, -0.25) is 16.3 Å². The van der Waals surface area contributed by atoms with Crippen molar-refractivity contribution in [3.63, 3.8) is 0 Å². The monoisotopic (exact) mass is 193 g/mol. The van der Waals surface area contributed by atoms with Crippen molar-refractivity contribution in [2.45, 2.75) is 32.7 Å². The Morgan fingerprint density at radius 1 is 1.57 bits per heavy atom. The molecule has 0 saturated carbocycles. The van der Waals surface area contributed by atoms with Crippen LogP contribution in [0.15, 0.2) is 24.5 Å². The molecule has 3 heteroatoms. The normalized spacial score (nSPS) is 15.1. The van der Waals surface area contributed by atoms with Gasteiger partial charge in [0.05, 0.1) is 6.04 Å². The van der Waals surface area contributed by atoms with Crippen LogP contribution in [-0.4, -0.2) is 4.98 Å². The molecule has 0 amide bonds. The first-order valence-corrected chi connectivity index (χ1v) is 5.15. The largest absolute Gasteiger partial charge is 0.271 e. The Morgan fingerprint density at radius 3 is 2.86 bits per heavy atom. The van der Waals surface area contributed by atoms with Crippen LogP contribution >= 0.6 is 0 Å². The standard InChI is InChI=1S/C11H19N3/c1-3-5-9(2)11(14-12)10-6-4-7-13-8-10/h4,6-9,11,14H,3,5,12H2,1-2H3. The Labute approximate surface area is 85.7 Å². The minimum absolute atomic E-state index is 0.212. The fourth-order valence-corrected chi connectivity index (χ4v) is 1.77. The van der Waals surface area contributed by atoms with E-state index in [0.29, 0.717) is 5.92 Å². The van der Waals surface area contributed by atoms with Crippen LogP contribution in [0.3, 0.4) is 0 Å². The number of hydrogen-bond donors (Lipinski definition) is 2. The molecule has 0 aliphatic carbocycles. The van der Waals surface area contributed by atoms with Crippen molar-refractivity contribution < 1.29 is 0 Å². The van der Waals surface area contributed by atoms with Crippen molar-refractivity contribution in [2.75, 3.05) is 0 Å². The molecule has 14 heavy (non-hydrogen) atoms. The summed E-state index contributed by atoms with van der Waals surface area (Å²) < 4.78 is 0. The van der Waals surface area contributed by atoms with Gasteiger partial charge < -0.3 is 0 Å². The van der Waals surface area contributed by atoms with Crippen LogP contribution < -0.4 is 11.3 Å². The van der Waals surface area contributed by atoms with Gasteiger partial charge in [-0.2, -0.15) is 0 Å². The Balaban J connectivity index is 2.71. The van der Waals surface area contributed by atoms with Gasteiger partial charge >= 0.3 is 0 Å². The number of nitrogens with one attached hydrogen (secondary N) is 1. The number of rotatable bonds is 5. The Morgan fingerprint density at radius 2 is 2.36 bits per heavy atom. The molecule has 0 fully saturated rings. The van der Waals surface area contributed by atoms with Crippen LogP contribution in [0.25, 0.3) is 0 Å². The highest BCUT2D eigenvalue weighted by molar-refractivity contribution is 5.14. The smallest absolute Gasteiger partial charge is 0.0500 e. The molecule has 0 aliphatic rings. The topological polar surface area (TPSA) is 50.9 Å². The van der Waals surface area contributed by atoms with E-state index in [0.717, 1.165) is 5.56 Å². The summed E-state index contributed by atoms with van der Waals surface area (Å²) >= 11 is 0. The summed E-state index contributed by atoms with van der Waals surface area (Å²) in [5.74, 6) is 6.09. The van der Waals surface area contributed by atoms with E-state index in [1.807, 2.05) is 12.3 Å². The molecule has 1 heterocycles. The van der Waals surface area contributed by atoms with E-state index in [-0.39, 0.29) is 6.04 Å². The average Bonchev–Trinajstić information content (AvgIpc) is 2.21. The second-order valence-corrected chi connectivity index (χ2v) is 3.70. The van der Waals surface area contributed by atoms with Gasteiger partial charge in [-0.25, -0.2) is 0 Å². The summed E-state index contributed by atoms with van der Waals surface area (Å²) in [6.07, 6.45) is 6.00. The van der Waals surface area contributed by atoms with Gasteiger partial charge in [-0.1, -0.05) is 26.3 Å². The molecule has 2 unspecified atom stereocenters. The maximum Gasteiger partial charge on any atom is 0.0500 e. The summed E-state index contributed by atoms with van der Waals surface area (Å²) in [6, 6.07) is 4.21. The Kier molecular flexibility index (Phi) is 4.56. The van der Waals surface area contributed by atoms with Crippen molar-refractivity contribution in [3.05, 3.63) is 30.1 Å². The van der Waals surface area contributed by atoms with E-state index in [9.17, 15) is 0 Å². The minimum Gasteiger partial charge on any atom is -0.271 e. The van der Waals surface area contributed by atoms with Gasteiger partial charge in [0.2, 0.25) is 0 Å². The maximum atomic E-state index is 5.56. The summed E-state index contributed by atoms with van der Waals surface area (Å²) in [6.45, 7) is 4.40. The molecule has 0 saturated heterocycles. The van der Waals surface area contributed by atoms with Crippen LogP contribution in [0, 0.1) is 5.92 Å². The molecule has 3 N–H and O–H groups in total. The molecular weight excluding hydrogens is 174 g/mol. The molecule has 1 rings (SSSR count). The molecule has 0 bridgehead atoms. The zero-order valence-electron chi connectivity index (χ0n) is 8.90. The summed E-state index contributed by atoms with van der Waals surface area (Å²) in [5, 5.41) is 0. The minimum atomic E-state index is 0.212. The quantitative estimate of drug-likeness (QED) is 0.555. The third kappa shape index (κ3) is 2.79. The molecule has 0 radical (unpaired) electrons. The van der Waals surface area contributed by atoms with Gasteiger partial charge in [0, 0.05) is 12.4 Å². The van der Waals surface area contributed by atoms with E-state index in [2.05, 4.69) is 30.3 Å². The van der Waals surface area contributed by atoms with Crippen LogP contribution in [0.5, 0.6) is 0 Å². The molecule has 0 spiro atoms. The number of aromatic nitrogens is 1. The molecule has 1 aromatic rings. The highest BCUT2D eigenvalue weighted by Crippen LogP contribution is 2.23. The first-order chi connectivity index (χ1) is 6.79. The van der Waals surface area contributed by atoms with Crippen molar-refractivity contribution >= 4 is 0 Å². The molecular formula is C11H19N3. The van der Waals surface area contributed by atoms with Crippen molar-refractivity contribution in [3.8, 4) is 0 Å². The second kappa shape index (κ2) is 5.73. The van der Waals surface area contributed by atoms with Gasteiger partial charge in [0.15, 0.2) is 0 Å². The number of hydrogen-bond acceptors (Lipinski definition) is 3. The zero-order chi connectivity index (χ0) is 10.4. The molecule has 78 valence electrons. The van der Waals surface area contributed by atoms with Crippen molar-refractivity contribution in [2.24, 2.45) is 11.8 Å². The third-order valence-corrected chi connectivity index (χ3v) is 2.54. The summed E-state index contributed by atoms with van der Waals surface area (Å²) in [7, 11) is 0. The predicted molar refractivity (Wildman–Crippen MR) is 58.4 cm³/mol. The fraction of sp³-hybridized carbons (Fsp3) is 0.545. The SMILES string of the molecule is CCCC(C)C(NN)c1cccnc1. The maximum absolute atomic E-state index is 5.56. The van der Waals surface area contributed by atoms with E-state index in [4.69, 9.17) is 5.84 Å². The highest BCUT2D eigenvalue weighted by atomic mass is 15.2. The second-order valence-electron chi connectivity index (χ2n) is 3.70. The van der Waals surface area contributed by atoms with Crippen LogP contribution in [0.1, 0.15) is 38.3 Å². The van der Waals surface area contributed by atoms with Crippen molar-refractivity contribution in [1.82, 2.24) is 10.4 Å². The molecule has 3 nitrogen and oxygen atoms in total. The van der Waals surface area contributed by atoms with Crippen LogP contribution in [0.4, 0.5) is 0 Å². The first-order valence-electron chi connectivity index (χ1n) is 5.15. The lowest BCUT2D eigenvalue weighted by Crippen LogP contribution is -2.32. The Bertz CT molecular complexity index is 248.